The number of nitrogens with two attached hydrogens (primary N) is 1. The summed E-state index contributed by atoms with van der Waals surface area (Å²) in [4.78, 5) is 8.86. The zero-order valence-electron chi connectivity index (χ0n) is 10.5. The van der Waals surface area contributed by atoms with Gasteiger partial charge in [0.15, 0.2) is 5.82 Å². The van der Waals surface area contributed by atoms with Crippen LogP contribution in [0.2, 0.25) is 0 Å². The summed E-state index contributed by atoms with van der Waals surface area (Å²) in [6.07, 6.45) is 0. The van der Waals surface area contributed by atoms with E-state index in [1.807, 2.05) is 6.92 Å². The highest BCUT2D eigenvalue weighted by molar-refractivity contribution is 7.99. The molecular formula is C13H14FN3OS. The number of hydrogen-bond acceptors (Lipinski definition) is 5. The first-order valence-electron chi connectivity index (χ1n) is 5.82. The lowest BCUT2D eigenvalue weighted by Gasteiger charge is -2.06. The second kappa shape index (κ2) is 6.49. The second-order valence-corrected chi connectivity index (χ2v) is 4.78. The van der Waals surface area contributed by atoms with E-state index in [1.165, 1.54) is 17.8 Å². The summed E-state index contributed by atoms with van der Waals surface area (Å²) >= 11 is 1.21. The molecule has 1 aromatic heterocycles. The average molecular weight is 279 g/mol. The first-order valence-corrected chi connectivity index (χ1v) is 6.64. The standard InChI is InChI=1S/C13H14FN3OS/c1-2-18-8-12-16-11(15)7-13(17-12)19-10-6-4-3-5-9(10)14/h3-7H,2,8H2,1H3,(H2,15,16,17). The third kappa shape index (κ3) is 3.90. The fourth-order valence-electron chi connectivity index (χ4n) is 1.44. The summed E-state index contributed by atoms with van der Waals surface area (Å²) in [6, 6.07) is 8.15. The van der Waals surface area contributed by atoms with Crippen LogP contribution in [0.3, 0.4) is 0 Å². The largest absolute Gasteiger partial charge is 0.384 e. The molecule has 0 spiro atoms. The van der Waals surface area contributed by atoms with Crippen LogP contribution in [0.1, 0.15) is 12.7 Å². The van der Waals surface area contributed by atoms with E-state index in [-0.39, 0.29) is 5.82 Å². The molecule has 0 fully saturated rings. The van der Waals surface area contributed by atoms with E-state index in [1.54, 1.807) is 24.3 Å². The van der Waals surface area contributed by atoms with Crippen molar-refractivity contribution in [1.29, 1.82) is 0 Å². The van der Waals surface area contributed by atoms with Gasteiger partial charge in [-0.1, -0.05) is 23.9 Å². The van der Waals surface area contributed by atoms with Crippen molar-refractivity contribution in [3.63, 3.8) is 0 Å². The van der Waals surface area contributed by atoms with Gasteiger partial charge in [-0.15, -0.1) is 0 Å². The molecule has 0 aliphatic heterocycles. The minimum atomic E-state index is -0.281. The molecule has 1 aromatic carbocycles. The number of ether oxygens (including phenoxy) is 1. The van der Waals surface area contributed by atoms with Crippen LogP contribution in [0, 0.1) is 5.82 Å². The molecule has 2 N–H and O–H groups in total. The van der Waals surface area contributed by atoms with Gasteiger partial charge in [0.05, 0.1) is 0 Å². The minimum absolute atomic E-state index is 0.281. The molecule has 0 unspecified atom stereocenters. The number of anilines is 1. The molecule has 4 nitrogen and oxygen atoms in total. The molecule has 0 radical (unpaired) electrons. The molecule has 0 aliphatic rings. The molecule has 0 amide bonds. The Morgan fingerprint density at radius 2 is 2.11 bits per heavy atom. The summed E-state index contributed by atoms with van der Waals surface area (Å²) in [5, 5.41) is 0.604. The van der Waals surface area contributed by atoms with Gasteiger partial charge in [-0.25, -0.2) is 14.4 Å². The summed E-state index contributed by atoms with van der Waals surface area (Å²) < 4.78 is 18.8. The maximum atomic E-state index is 13.6. The summed E-state index contributed by atoms with van der Waals surface area (Å²) in [5.74, 6) is 0.570. The van der Waals surface area contributed by atoms with Gasteiger partial charge in [-0.3, -0.25) is 0 Å². The molecule has 0 aliphatic carbocycles. The van der Waals surface area contributed by atoms with Gasteiger partial charge in [0.25, 0.3) is 0 Å². The normalized spacial score (nSPS) is 10.6. The van der Waals surface area contributed by atoms with Crippen LogP contribution in [-0.2, 0) is 11.3 Å². The van der Waals surface area contributed by atoms with Crippen molar-refractivity contribution in [2.75, 3.05) is 12.3 Å². The van der Waals surface area contributed by atoms with E-state index >= 15 is 0 Å². The fourth-order valence-corrected chi connectivity index (χ4v) is 2.31. The molecule has 0 saturated carbocycles. The van der Waals surface area contributed by atoms with Crippen molar-refractivity contribution in [3.05, 3.63) is 42.0 Å². The van der Waals surface area contributed by atoms with Crippen LogP contribution in [0.5, 0.6) is 0 Å². The Bertz CT molecular complexity index is 565. The third-order valence-corrected chi connectivity index (χ3v) is 3.22. The Morgan fingerprint density at radius 3 is 2.84 bits per heavy atom. The topological polar surface area (TPSA) is 61.0 Å². The van der Waals surface area contributed by atoms with E-state index < -0.39 is 0 Å². The van der Waals surface area contributed by atoms with Crippen molar-refractivity contribution in [2.24, 2.45) is 0 Å². The highest BCUT2D eigenvalue weighted by atomic mass is 32.2. The molecule has 19 heavy (non-hydrogen) atoms. The number of rotatable bonds is 5. The van der Waals surface area contributed by atoms with Gasteiger partial charge in [0, 0.05) is 17.6 Å². The smallest absolute Gasteiger partial charge is 0.157 e. The van der Waals surface area contributed by atoms with Gasteiger partial charge in [0.2, 0.25) is 0 Å². The molecule has 0 atom stereocenters. The van der Waals surface area contributed by atoms with Crippen molar-refractivity contribution in [3.8, 4) is 0 Å². The van der Waals surface area contributed by atoms with Gasteiger partial charge in [0.1, 0.15) is 23.3 Å². The molecule has 0 saturated heterocycles. The Labute approximate surface area is 115 Å². The number of nitrogen functional groups attached to an aromatic ring is 1. The summed E-state index contributed by atoms with van der Waals surface area (Å²) in [7, 11) is 0. The van der Waals surface area contributed by atoms with Gasteiger partial charge >= 0.3 is 0 Å². The zero-order valence-corrected chi connectivity index (χ0v) is 11.3. The Balaban J connectivity index is 2.20. The van der Waals surface area contributed by atoms with Crippen molar-refractivity contribution < 1.29 is 9.13 Å². The fraction of sp³-hybridized carbons (Fsp3) is 0.231. The Kier molecular flexibility index (Phi) is 4.70. The van der Waals surface area contributed by atoms with Crippen LogP contribution in [-0.4, -0.2) is 16.6 Å². The molecule has 100 valence electrons. The van der Waals surface area contributed by atoms with Crippen LogP contribution in [0.4, 0.5) is 10.2 Å². The van der Waals surface area contributed by atoms with E-state index in [2.05, 4.69) is 9.97 Å². The number of benzene rings is 1. The van der Waals surface area contributed by atoms with Crippen LogP contribution in [0.25, 0.3) is 0 Å². The lowest BCUT2D eigenvalue weighted by Crippen LogP contribution is -2.03. The Hall–Kier alpha value is -1.66. The Morgan fingerprint density at radius 1 is 1.32 bits per heavy atom. The van der Waals surface area contributed by atoms with Crippen LogP contribution >= 0.6 is 11.8 Å². The number of halogens is 1. The first kappa shape index (κ1) is 13.8. The molecule has 2 aromatic rings. The van der Waals surface area contributed by atoms with E-state index in [0.717, 1.165) is 0 Å². The second-order valence-electron chi connectivity index (χ2n) is 3.72. The lowest BCUT2D eigenvalue weighted by molar-refractivity contribution is 0.128. The van der Waals surface area contributed by atoms with Gasteiger partial charge in [-0.2, -0.15) is 0 Å². The van der Waals surface area contributed by atoms with E-state index in [9.17, 15) is 4.39 Å². The van der Waals surface area contributed by atoms with E-state index in [0.29, 0.717) is 34.8 Å². The first-order chi connectivity index (χ1) is 9.19. The van der Waals surface area contributed by atoms with Gasteiger partial charge in [-0.05, 0) is 19.1 Å². The zero-order chi connectivity index (χ0) is 13.7. The monoisotopic (exact) mass is 279 g/mol. The minimum Gasteiger partial charge on any atom is -0.384 e. The highest BCUT2D eigenvalue weighted by Crippen LogP contribution is 2.28. The predicted octanol–water partition coefficient (Wildman–Crippen LogP) is 2.89. The quantitative estimate of drug-likeness (QED) is 0.853. The number of nitrogens with zero attached hydrogens (tertiary/aromatic N) is 2. The van der Waals surface area contributed by atoms with Crippen molar-refractivity contribution in [2.45, 2.75) is 23.5 Å². The molecule has 1 heterocycles. The van der Waals surface area contributed by atoms with Crippen LogP contribution in [0.15, 0.2) is 40.3 Å². The molecule has 0 bridgehead atoms. The lowest BCUT2D eigenvalue weighted by atomic mass is 10.3. The summed E-state index contributed by atoms with van der Waals surface area (Å²) in [5.41, 5.74) is 5.71. The maximum absolute atomic E-state index is 13.6. The van der Waals surface area contributed by atoms with Crippen molar-refractivity contribution >= 4 is 17.6 Å². The SMILES string of the molecule is CCOCc1nc(N)cc(Sc2ccccc2F)n1. The molecular weight excluding hydrogens is 265 g/mol. The van der Waals surface area contributed by atoms with Gasteiger partial charge < -0.3 is 10.5 Å². The average Bonchev–Trinajstić information content (AvgIpc) is 2.38. The maximum Gasteiger partial charge on any atom is 0.157 e. The third-order valence-electron chi connectivity index (χ3n) is 2.26. The van der Waals surface area contributed by atoms with Crippen molar-refractivity contribution in [1.82, 2.24) is 9.97 Å². The van der Waals surface area contributed by atoms with E-state index in [4.69, 9.17) is 10.5 Å². The molecule has 6 heteroatoms. The van der Waals surface area contributed by atoms with Crippen LogP contribution < -0.4 is 5.73 Å². The molecule has 2 rings (SSSR count). The summed E-state index contributed by atoms with van der Waals surface area (Å²) in [6.45, 7) is 2.77. The number of hydrogen-bond donors (Lipinski definition) is 1. The number of aromatic nitrogens is 2. The highest BCUT2D eigenvalue weighted by Gasteiger charge is 2.07. The predicted molar refractivity (Wildman–Crippen MR) is 72.3 cm³/mol.